The van der Waals surface area contributed by atoms with Gasteiger partial charge in [-0.25, -0.2) is 8.42 Å². The summed E-state index contributed by atoms with van der Waals surface area (Å²) in [5.74, 6) is -0.519. The Bertz CT molecular complexity index is 685. The van der Waals surface area contributed by atoms with Crippen molar-refractivity contribution in [3.8, 4) is 5.75 Å². The third kappa shape index (κ3) is 5.55. The molecule has 1 N–H and O–H groups in total. The molecule has 1 atom stereocenters. The van der Waals surface area contributed by atoms with E-state index in [0.29, 0.717) is 17.9 Å². The molecule has 126 valence electrons. The van der Waals surface area contributed by atoms with E-state index in [4.69, 9.17) is 9.47 Å². The second-order valence-corrected chi connectivity index (χ2v) is 7.64. The maximum absolute atomic E-state index is 11.7. The number of rotatable bonds is 6. The van der Waals surface area contributed by atoms with Crippen LogP contribution in [0.2, 0.25) is 0 Å². The van der Waals surface area contributed by atoms with E-state index in [9.17, 15) is 18.0 Å². The molecule has 0 unspecified atom stereocenters. The zero-order valence-corrected chi connectivity index (χ0v) is 13.6. The monoisotopic (exact) mass is 341 g/mol. The van der Waals surface area contributed by atoms with Crippen molar-refractivity contribution >= 4 is 27.4 Å². The molecular formula is C15H19NO6S. The van der Waals surface area contributed by atoms with E-state index in [1.165, 1.54) is 7.11 Å². The highest BCUT2D eigenvalue weighted by molar-refractivity contribution is 7.91. The molecule has 1 aromatic rings. The van der Waals surface area contributed by atoms with Crippen molar-refractivity contribution < 1.29 is 27.5 Å². The average molecular weight is 341 g/mol. The van der Waals surface area contributed by atoms with E-state index in [2.05, 4.69) is 5.32 Å². The number of carbonyl (C=O) groups excluding carboxylic acids is 2. The molecular weight excluding hydrogens is 322 g/mol. The SMILES string of the molecule is COc1cccc(NC(=O)COC(=O)C[C@H]2CCS(=O)(=O)C2)c1. The highest BCUT2D eigenvalue weighted by Gasteiger charge is 2.29. The van der Waals surface area contributed by atoms with Gasteiger partial charge in [-0.1, -0.05) is 6.07 Å². The third-order valence-corrected chi connectivity index (χ3v) is 5.34. The molecule has 1 heterocycles. The standard InChI is InChI=1S/C15H19NO6S/c1-21-13-4-2-3-12(8-13)16-14(17)9-22-15(18)7-11-5-6-23(19,20)10-11/h2-4,8,11H,5-7,9-10H2,1H3,(H,16,17)/t11-/m1/s1. The van der Waals surface area contributed by atoms with Crippen LogP contribution in [0, 0.1) is 5.92 Å². The molecule has 1 amide bonds. The van der Waals surface area contributed by atoms with Crippen LogP contribution >= 0.6 is 0 Å². The molecule has 1 fully saturated rings. The quantitative estimate of drug-likeness (QED) is 0.775. The van der Waals surface area contributed by atoms with Crippen LogP contribution in [0.5, 0.6) is 5.75 Å². The number of nitrogens with one attached hydrogen (secondary N) is 1. The molecule has 0 radical (unpaired) electrons. The number of carbonyl (C=O) groups is 2. The number of methoxy groups -OCH3 is 1. The van der Waals surface area contributed by atoms with Crippen LogP contribution in [0.3, 0.4) is 0 Å². The van der Waals surface area contributed by atoms with Gasteiger partial charge in [0.05, 0.1) is 18.6 Å². The number of esters is 1. The number of hydrogen-bond donors (Lipinski definition) is 1. The molecule has 0 bridgehead atoms. The largest absolute Gasteiger partial charge is 0.497 e. The third-order valence-electron chi connectivity index (χ3n) is 3.50. The van der Waals surface area contributed by atoms with Gasteiger partial charge in [-0.15, -0.1) is 0 Å². The van der Waals surface area contributed by atoms with Crippen LogP contribution in [-0.2, 0) is 24.2 Å². The molecule has 0 spiro atoms. The second-order valence-electron chi connectivity index (χ2n) is 5.41. The van der Waals surface area contributed by atoms with E-state index >= 15 is 0 Å². The predicted molar refractivity (Wildman–Crippen MR) is 84.0 cm³/mol. The zero-order valence-electron chi connectivity index (χ0n) is 12.8. The lowest BCUT2D eigenvalue weighted by Crippen LogP contribution is -2.22. The molecule has 23 heavy (non-hydrogen) atoms. The second kappa shape index (κ2) is 7.45. The molecule has 7 nitrogen and oxygen atoms in total. The van der Waals surface area contributed by atoms with Crippen molar-refractivity contribution in [3.05, 3.63) is 24.3 Å². The number of hydrogen-bond acceptors (Lipinski definition) is 6. The molecule has 1 aliphatic heterocycles. The van der Waals surface area contributed by atoms with Gasteiger partial charge in [-0.3, -0.25) is 9.59 Å². The van der Waals surface area contributed by atoms with Crippen molar-refractivity contribution in [2.24, 2.45) is 5.92 Å². The van der Waals surface area contributed by atoms with E-state index in [0.717, 1.165) is 0 Å². The van der Waals surface area contributed by atoms with Gasteiger partial charge in [0, 0.05) is 18.2 Å². The summed E-state index contributed by atoms with van der Waals surface area (Å²) >= 11 is 0. The molecule has 8 heteroatoms. The number of ether oxygens (including phenoxy) is 2. The first-order valence-electron chi connectivity index (χ1n) is 7.18. The Hall–Kier alpha value is -2.09. The van der Waals surface area contributed by atoms with Gasteiger partial charge in [0.15, 0.2) is 16.4 Å². The van der Waals surface area contributed by atoms with Crippen LogP contribution in [0.15, 0.2) is 24.3 Å². The highest BCUT2D eigenvalue weighted by Crippen LogP contribution is 2.22. The van der Waals surface area contributed by atoms with Gasteiger partial charge in [-0.2, -0.15) is 0 Å². The van der Waals surface area contributed by atoms with Crippen LogP contribution in [0.4, 0.5) is 5.69 Å². The van der Waals surface area contributed by atoms with Crippen LogP contribution in [0.1, 0.15) is 12.8 Å². The van der Waals surface area contributed by atoms with E-state index in [-0.39, 0.29) is 23.8 Å². The Balaban J connectivity index is 1.74. The average Bonchev–Trinajstić information content (AvgIpc) is 2.84. The number of sulfone groups is 1. The molecule has 0 saturated carbocycles. The van der Waals surface area contributed by atoms with Crippen LogP contribution in [-0.4, -0.2) is 45.5 Å². The Morgan fingerprint density at radius 3 is 2.78 bits per heavy atom. The Labute approximate surface area is 134 Å². The minimum absolute atomic E-state index is 0.0120. The van der Waals surface area contributed by atoms with Crippen molar-refractivity contribution in [2.75, 3.05) is 30.5 Å². The maximum Gasteiger partial charge on any atom is 0.306 e. The van der Waals surface area contributed by atoms with Gasteiger partial charge >= 0.3 is 5.97 Å². The van der Waals surface area contributed by atoms with E-state index in [1.807, 2.05) is 0 Å². The summed E-state index contributed by atoms with van der Waals surface area (Å²) in [5.41, 5.74) is 0.535. The molecule has 1 aliphatic rings. The summed E-state index contributed by atoms with van der Waals surface area (Å²) in [6.45, 7) is -0.407. The summed E-state index contributed by atoms with van der Waals surface area (Å²) in [6.07, 6.45) is 0.485. The molecule has 1 aromatic carbocycles. The van der Waals surface area contributed by atoms with Gasteiger partial charge in [-0.05, 0) is 24.5 Å². The first-order chi connectivity index (χ1) is 10.9. The topological polar surface area (TPSA) is 98.8 Å². The maximum atomic E-state index is 11.7. The first-order valence-corrected chi connectivity index (χ1v) is 9.00. The van der Waals surface area contributed by atoms with Crippen LogP contribution in [0.25, 0.3) is 0 Å². The Morgan fingerprint density at radius 2 is 2.13 bits per heavy atom. The van der Waals surface area contributed by atoms with Crippen molar-refractivity contribution in [2.45, 2.75) is 12.8 Å². The molecule has 1 saturated heterocycles. The lowest BCUT2D eigenvalue weighted by Gasteiger charge is -2.09. The highest BCUT2D eigenvalue weighted by atomic mass is 32.2. The fourth-order valence-electron chi connectivity index (χ4n) is 2.37. The fourth-order valence-corrected chi connectivity index (χ4v) is 4.23. The normalized spacial score (nSPS) is 19.1. The summed E-state index contributed by atoms with van der Waals surface area (Å²) in [4.78, 5) is 23.4. The van der Waals surface area contributed by atoms with Gasteiger partial charge in [0.25, 0.3) is 5.91 Å². The summed E-state index contributed by atoms with van der Waals surface area (Å²) < 4.78 is 32.6. The lowest BCUT2D eigenvalue weighted by molar-refractivity contribution is -0.148. The predicted octanol–water partition coefficient (Wildman–Crippen LogP) is 1.00. The van der Waals surface area contributed by atoms with Gasteiger partial charge in [0.2, 0.25) is 0 Å². The van der Waals surface area contributed by atoms with E-state index in [1.54, 1.807) is 24.3 Å². The fraction of sp³-hybridized carbons (Fsp3) is 0.467. The minimum atomic E-state index is -3.02. The zero-order chi connectivity index (χ0) is 16.9. The minimum Gasteiger partial charge on any atom is -0.497 e. The van der Waals surface area contributed by atoms with Gasteiger partial charge < -0.3 is 14.8 Å². The molecule has 0 aliphatic carbocycles. The smallest absolute Gasteiger partial charge is 0.306 e. The summed E-state index contributed by atoms with van der Waals surface area (Å²) in [6, 6.07) is 6.79. The number of benzene rings is 1. The van der Waals surface area contributed by atoms with E-state index < -0.39 is 28.3 Å². The molecule has 2 rings (SSSR count). The van der Waals surface area contributed by atoms with Crippen molar-refractivity contribution in [3.63, 3.8) is 0 Å². The summed E-state index contributed by atoms with van der Waals surface area (Å²) in [5, 5.41) is 2.59. The first kappa shape index (κ1) is 17.3. The Kier molecular flexibility index (Phi) is 5.59. The number of amides is 1. The van der Waals surface area contributed by atoms with Crippen molar-refractivity contribution in [1.82, 2.24) is 0 Å². The van der Waals surface area contributed by atoms with Gasteiger partial charge in [0.1, 0.15) is 5.75 Å². The lowest BCUT2D eigenvalue weighted by atomic mass is 10.1. The number of anilines is 1. The van der Waals surface area contributed by atoms with Crippen molar-refractivity contribution in [1.29, 1.82) is 0 Å². The Morgan fingerprint density at radius 1 is 1.35 bits per heavy atom. The molecule has 0 aromatic heterocycles. The van der Waals surface area contributed by atoms with Crippen LogP contribution < -0.4 is 10.1 Å². The summed E-state index contributed by atoms with van der Waals surface area (Å²) in [7, 11) is -1.50.